The molecule has 0 bridgehead atoms. The smallest absolute Gasteiger partial charge is 0.0569 e. The molecule has 0 amide bonds. The van der Waals surface area contributed by atoms with Gasteiger partial charge in [-0.15, -0.1) is 0 Å². The van der Waals surface area contributed by atoms with Crippen LogP contribution in [0.2, 0.25) is 0 Å². The Balaban J connectivity index is 1.82. The zero-order chi connectivity index (χ0) is 10.7. The highest BCUT2D eigenvalue weighted by atomic mass is 16.5. The zero-order valence-electron chi connectivity index (χ0n) is 9.58. The molecule has 0 aromatic rings. The van der Waals surface area contributed by atoms with Crippen molar-refractivity contribution in [3.63, 3.8) is 0 Å². The molecule has 88 valence electrons. The predicted molar refractivity (Wildman–Crippen MR) is 58.8 cm³/mol. The van der Waals surface area contributed by atoms with Crippen LogP contribution >= 0.6 is 0 Å². The minimum Gasteiger partial charge on any atom is -0.381 e. The molecule has 0 aliphatic carbocycles. The van der Waals surface area contributed by atoms with Gasteiger partial charge in [0.05, 0.1) is 13.2 Å². The van der Waals surface area contributed by atoms with Gasteiger partial charge in [0, 0.05) is 37.8 Å². The minimum atomic E-state index is 0.229. The molecule has 0 radical (unpaired) electrons. The molecule has 2 saturated heterocycles. The highest BCUT2D eigenvalue weighted by Crippen LogP contribution is 2.28. The Hall–Kier alpha value is -0.160. The van der Waals surface area contributed by atoms with Crippen molar-refractivity contribution < 1.29 is 9.47 Å². The average molecular weight is 214 g/mol. The van der Waals surface area contributed by atoms with Gasteiger partial charge in [0.1, 0.15) is 0 Å². The Labute approximate surface area is 91.7 Å². The highest BCUT2D eigenvalue weighted by molar-refractivity contribution is 4.90. The van der Waals surface area contributed by atoms with Crippen LogP contribution in [0.3, 0.4) is 0 Å². The molecule has 4 nitrogen and oxygen atoms in total. The van der Waals surface area contributed by atoms with Gasteiger partial charge in [-0.25, -0.2) is 0 Å². The first-order valence-corrected chi connectivity index (χ1v) is 5.82. The largest absolute Gasteiger partial charge is 0.381 e. The summed E-state index contributed by atoms with van der Waals surface area (Å²) in [6.07, 6.45) is 2.30. The van der Waals surface area contributed by atoms with Crippen LogP contribution in [-0.4, -0.2) is 57.5 Å². The monoisotopic (exact) mass is 214 g/mol. The van der Waals surface area contributed by atoms with Gasteiger partial charge < -0.3 is 20.1 Å². The van der Waals surface area contributed by atoms with E-state index in [9.17, 15) is 0 Å². The van der Waals surface area contributed by atoms with E-state index in [1.807, 2.05) is 0 Å². The first kappa shape index (κ1) is 11.3. The number of ether oxygens (including phenoxy) is 2. The Bertz CT molecular complexity index is 195. The van der Waals surface area contributed by atoms with Crippen molar-refractivity contribution in [2.45, 2.75) is 18.9 Å². The van der Waals surface area contributed by atoms with Crippen LogP contribution in [0, 0.1) is 5.41 Å². The molecule has 0 aromatic carbocycles. The second kappa shape index (κ2) is 4.78. The third-order valence-electron chi connectivity index (χ3n) is 3.65. The quantitative estimate of drug-likeness (QED) is 0.719. The van der Waals surface area contributed by atoms with Crippen molar-refractivity contribution in [1.82, 2.24) is 4.90 Å². The maximum absolute atomic E-state index is 5.82. The number of hydrogen-bond acceptors (Lipinski definition) is 4. The summed E-state index contributed by atoms with van der Waals surface area (Å²) in [7, 11) is 2.20. The van der Waals surface area contributed by atoms with E-state index in [-0.39, 0.29) is 5.41 Å². The van der Waals surface area contributed by atoms with Gasteiger partial charge in [0.15, 0.2) is 0 Å². The minimum absolute atomic E-state index is 0.229. The van der Waals surface area contributed by atoms with E-state index >= 15 is 0 Å². The number of hydrogen-bond donors (Lipinski definition) is 1. The maximum atomic E-state index is 5.82. The van der Waals surface area contributed by atoms with Crippen LogP contribution in [0.5, 0.6) is 0 Å². The highest BCUT2D eigenvalue weighted by Gasteiger charge is 2.39. The van der Waals surface area contributed by atoms with E-state index < -0.39 is 0 Å². The lowest BCUT2D eigenvalue weighted by atomic mass is 9.85. The van der Waals surface area contributed by atoms with E-state index in [0.717, 1.165) is 52.4 Å². The average Bonchev–Trinajstić information content (AvgIpc) is 2.24. The van der Waals surface area contributed by atoms with Crippen molar-refractivity contribution in [3.05, 3.63) is 0 Å². The summed E-state index contributed by atoms with van der Waals surface area (Å²) >= 11 is 0. The molecule has 2 heterocycles. The van der Waals surface area contributed by atoms with Crippen molar-refractivity contribution in [1.29, 1.82) is 0 Å². The van der Waals surface area contributed by atoms with E-state index in [2.05, 4.69) is 11.9 Å². The first-order valence-electron chi connectivity index (χ1n) is 5.82. The van der Waals surface area contributed by atoms with E-state index in [1.54, 1.807) is 0 Å². The molecule has 0 atom stereocenters. The van der Waals surface area contributed by atoms with Crippen molar-refractivity contribution in [2.24, 2.45) is 11.1 Å². The number of nitrogens with two attached hydrogens (primary N) is 1. The van der Waals surface area contributed by atoms with Gasteiger partial charge >= 0.3 is 0 Å². The molecular weight excluding hydrogens is 192 g/mol. The van der Waals surface area contributed by atoms with Crippen molar-refractivity contribution in [2.75, 3.05) is 46.6 Å². The Morgan fingerprint density at radius 1 is 1.27 bits per heavy atom. The topological polar surface area (TPSA) is 47.7 Å². The lowest BCUT2D eigenvalue weighted by Crippen LogP contribution is -2.56. The summed E-state index contributed by atoms with van der Waals surface area (Å²) in [6, 6.07) is 0.669. The molecule has 2 rings (SSSR count). The molecule has 0 saturated carbocycles. The Morgan fingerprint density at radius 2 is 1.93 bits per heavy atom. The standard InChI is InChI=1S/C11H22N2O2/c1-13(10-2-4-14-5-3-10)7-11(6-12)8-15-9-11/h10H,2-9,12H2,1H3. The summed E-state index contributed by atoms with van der Waals surface area (Å²) < 4.78 is 10.7. The molecule has 0 unspecified atom stereocenters. The summed E-state index contributed by atoms with van der Waals surface area (Å²) in [5, 5.41) is 0. The molecule has 15 heavy (non-hydrogen) atoms. The molecular formula is C11H22N2O2. The lowest BCUT2D eigenvalue weighted by molar-refractivity contribution is -0.124. The number of rotatable bonds is 4. The van der Waals surface area contributed by atoms with Crippen LogP contribution in [0.15, 0.2) is 0 Å². The van der Waals surface area contributed by atoms with Crippen molar-refractivity contribution >= 4 is 0 Å². The first-order chi connectivity index (χ1) is 7.26. The van der Waals surface area contributed by atoms with Gasteiger partial charge in [-0.3, -0.25) is 0 Å². The number of nitrogens with zero attached hydrogens (tertiary/aromatic N) is 1. The molecule has 4 heteroatoms. The summed E-state index contributed by atoms with van der Waals surface area (Å²) in [5.74, 6) is 0. The second-order valence-corrected chi connectivity index (χ2v) is 4.96. The molecule has 0 aromatic heterocycles. The van der Waals surface area contributed by atoms with E-state index in [4.69, 9.17) is 15.2 Å². The van der Waals surface area contributed by atoms with Gasteiger partial charge in [-0.05, 0) is 19.9 Å². The van der Waals surface area contributed by atoms with E-state index in [0.29, 0.717) is 6.04 Å². The summed E-state index contributed by atoms with van der Waals surface area (Å²) in [4.78, 5) is 2.44. The lowest BCUT2D eigenvalue weighted by Gasteiger charge is -2.45. The molecule has 2 aliphatic heterocycles. The fourth-order valence-electron chi connectivity index (χ4n) is 2.45. The third kappa shape index (κ3) is 2.50. The second-order valence-electron chi connectivity index (χ2n) is 4.96. The van der Waals surface area contributed by atoms with Crippen LogP contribution in [-0.2, 0) is 9.47 Å². The van der Waals surface area contributed by atoms with Gasteiger partial charge in [0.2, 0.25) is 0 Å². The Morgan fingerprint density at radius 3 is 2.40 bits per heavy atom. The van der Waals surface area contributed by atoms with Crippen molar-refractivity contribution in [3.8, 4) is 0 Å². The summed E-state index contributed by atoms with van der Waals surface area (Å²) in [5.41, 5.74) is 6.04. The Kier molecular flexibility index (Phi) is 3.61. The maximum Gasteiger partial charge on any atom is 0.0569 e. The van der Waals surface area contributed by atoms with Gasteiger partial charge in [-0.2, -0.15) is 0 Å². The van der Waals surface area contributed by atoms with Crippen LogP contribution < -0.4 is 5.73 Å². The molecule has 0 spiro atoms. The van der Waals surface area contributed by atoms with Gasteiger partial charge in [-0.1, -0.05) is 0 Å². The van der Waals surface area contributed by atoms with Crippen LogP contribution in [0.1, 0.15) is 12.8 Å². The molecule has 2 fully saturated rings. The zero-order valence-corrected chi connectivity index (χ0v) is 9.58. The molecule has 2 aliphatic rings. The summed E-state index contributed by atoms with van der Waals surface area (Å²) in [6.45, 7) is 5.27. The van der Waals surface area contributed by atoms with Gasteiger partial charge in [0.25, 0.3) is 0 Å². The molecule has 2 N–H and O–H groups in total. The SMILES string of the molecule is CN(CC1(CN)COC1)C1CCOCC1. The third-order valence-corrected chi connectivity index (χ3v) is 3.65. The van der Waals surface area contributed by atoms with Crippen LogP contribution in [0.4, 0.5) is 0 Å². The van der Waals surface area contributed by atoms with Crippen LogP contribution in [0.25, 0.3) is 0 Å². The van der Waals surface area contributed by atoms with E-state index in [1.165, 1.54) is 0 Å². The fourth-order valence-corrected chi connectivity index (χ4v) is 2.45. The normalized spacial score (nSPS) is 26.6. The fraction of sp³-hybridized carbons (Fsp3) is 1.00. The predicted octanol–water partition coefficient (Wildman–Crippen LogP) is 0.0725.